The molecule has 0 fully saturated rings. The van der Waals surface area contributed by atoms with Gasteiger partial charge in [0, 0.05) is 11.1 Å². The first-order valence-electron chi connectivity index (χ1n) is 6.88. The number of fused-ring (bicyclic) bond motifs is 3. The van der Waals surface area contributed by atoms with Crippen molar-refractivity contribution in [1.29, 1.82) is 0 Å². The first kappa shape index (κ1) is 14.3. The van der Waals surface area contributed by atoms with Crippen molar-refractivity contribution >= 4 is 18.4 Å². The van der Waals surface area contributed by atoms with E-state index in [1.807, 2.05) is 30.3 Å². The lowest BCUT2D eigenvalue weighted by atomic mass is 9.97. The van der Waals surface area contributed by atoms with Gasteiger partial charge in [0.25, 0.3) is 0 Å². The van der Waals surface area contributed by atoms with Gasteiger partial charge in [0.1, 0.15) is 6.10 Å². The maximum absolute atomic E-state index is 12.4. The third-order valence-electron chi connectivity index (χ3n) is 3.88. The third kappa shape index (κ3) is 2.39. The molecule has 3 nitrogen and oxygen atoms in total. The van der Waals surface area contributed by atoms with Crippen LogP contribution in [0.1, 0.15) is 34.0 Å². The first-order valence-corrected chi connectivity index (χ1v) is 7.51. The minimum atomic E-state index is -1.00. The van der Waals surface area contributed by atoms with Crippen molar-refractivity contribution in [2.75, 3.05) is 5.75 Å². The van der Waals surface area contributed by atoms with Crippen LogP contribution in [0, 0.1) is 0 Å². The van der Waals surface area contributed by atoms with E-state index in [-0.39, 0.29) is 5.78 Å². The van der Waals surface area contributed by atoms with E-state index in [4.69, 9.17) is 0 Å². The van der Waals surface area contributed by atoms with E-state index in [1.54, 1.807) is 12.1 Å². The van der Waals surface area contributed by atoms with E-state index < -0.39 is 12.2 Å². The molecule has 2 atom stereocenters. The number of aliphatic hydroxyl groups excluding tert-OH is 2. The molecule has 0 saturated carbocycles. The van der Waals surface area contributed by atoms with Crippen molar-refractivity contribution in [3.63, 3.8) is 0 Å². The van der Waals surface area contributed by atoms with Gasteiger partial charge in [-0.25, -0.2) is 0 Å². The SMILES string of the molecule is O=C1c2ccccc2-c2ccc(C(O)C(O)CCS)cc21. The molecule has 1 aliphatic carbocycles. The van der Waals surface area contributed by atoms with Crippen molar-refractivity contribution in [1.82, 2.24) is 0 Å². The second-order valence-electron chi connectivity index (χ2n) is 5.20. The Kier molecular flexibility index (Phi) is 3.85. The van der Waals surface area contributed by atoms with E-state index in [0.717, 1.165) is 11.1 Å². The van der Waals surface area contributed by atoms with Crippen LogP contribution < -0.4 is 0 Å². The van der Waals surface area contributed by atoms with Crippen LogP contribution in [0.5, 0.6) is 0 Å². The van der Waals surface area contributed by atoms with Gasteiger partial charge in [-0.2, -0.15) is 12.6 Å². The predicted octanol–water partition coefficient (Wildman–Crippen LogP) is 2.61. The van der Waals surface area contributed by atoms with Crippen molar-refractivity contribution in [2.45, 2.75) is 18.6 Å². The average Bonchev–Trinajstić information content (AvgIpc) is 2.80. The Bertz CT molecular complexity index is 696. The van der Waals surface area contributed by atoms with Crippen LogP contribution in [0.2, 0.25) is 0 Å². The quantitative estimate of drug-likeness (QED) is 0.649. The van der Waals surface area contributed by atoms with Gasteiger partial charge in [-0.1, -0.05) is 36.4 Å². The maximum atomic E-state index is 12.4. The van der Waals surface area contributed by atoms with Gasteiger partial charge in [-0.05, 0) is 34.9 Å². The number of hydrogen-bond acceptors (Lipinski definition) is 4. The van der Waals surface area contributed by atoms with Gasteiger partial charge in [0.15, 0.2) is 5.78 Å². The molecule has 0 amide bonds. The van der Waals surface area contributed by atoms with Crippen molar-refractivity contribution in [3.8, 4) is 11.1 Å². The van der Waals surface area contributed by atoms with Crippen LogP contribution in [-0.2, 0) is 0 Å². The average molecular weight is 300 g/mol. The zero-order chi connectivity index (χ0) is 15.0. The summed E-state index contributed by atoms with van der Waals surface area (Å²) in [6, 6.07) is 12.8. The summed E-state index contributed by atoms with van der Waals surface area (Å²) in [6.07, 6.45) is -1.48. The summed E-state index contributed by atoms with van der Waals surface area (Å²) in [7, 11) is 0. The molecule has 3 rings (SSSR count). The van der Waals surface area contributed by atoms with Crippen molar-refractivity contribution < 1.29 is 15.0 Å². The summed E-state index contributed by atoms with van der Waals surface area (Å²) in [5.74, 6) is 0.464. The van der Waals surface area contributed by atoms with E-state index >= 15 is 0 Å². The Morgan fingerprint density at radius 3 is 2.33 bits per heavy atom. The lowest BCUT2D eigenvalue weighted by molar-refractivity contribution is 0.0172. The number of rotatable bonds is 4. The molecular weight excluding hydrogens is 284 g/mol. The lowest BCUT2D eigenvalue weighted by Gasteiger charge is -2.18. The van der Waals surface area contributed by atoms with E-state index in [0.29, 0.717) is 28.9 Å². The number of thiol groups is 1. The lowest BCUT2D eigenvalue weighted by Crippen LogP contribution is -2.19. The Morgan fingerprint density at radius 1 is 0.952 bits per heavy atom. The number of carbonyl (C=O) groups is 1. The van der Waals surface area contributed by atoms with Gasteiger partial charge in [-0.3, -0.25) is 4.79 Å². The molecular formula is C17H16O3S. The van der Waals surface area contributed by atoms with Gasteiger partial charge < -0.3 is 10.2 Å². The van der Waals surface area contributed by atoms with Gasteiger partial charge in [-0.15, -0.1) is 0 Å². The summed E-state index contributed by atoms with van der Waals surface area (Å²) in [6.45, 7) is 0. The first-order chi connectivity index (χ1) is 10.1. The molecule has 0 radical (unpaired) electrons. The fourth-order valence-electron chi connectivity index (χ4n) is 2.74. The number of benzene rings is 2. The second-order valence-corrected chi connectivity index (χ2v) is 5.65. The molecule has 2 aromatic carbocycles. The van der Waals surface area contributed by atoms with Crippen LogP contribution in [0.25, 0.3) is 11.1 Å². The molecule has 0 saturated heterocycles. The van der Waals surface area contributed by atoms with Crippen LogP contribution in [0.3, 0.4) is 0 Å². The summed E-state index contributed by atoms with van der Waals surface area (Å²) < 4.78 is 0. The summed E-state index contributed by atoms with van der Waals surface area (Å²) in [5.41, 5.74) is 3.65. The summed E-state index contributed by atoms with van der Waals surface area (Å²) in [4.78, 5) is 12.4. The van der Waals surface area contributed by atoms with Gasteiger partial charge in [0.2, 0.25) is 0 Å². The molecule has 0 aromatic heterocycles. The largest absolute Gasteiger partial charge is 0.390 e. The number of hydrogen-bond donors (Lipinski definition) is 3. The minimum absolute atomic E-state index is 0.0293. The third-order valence-corrected chi connectivity index (χ3v) is 4.14. The van der Waals surface area contributed by atoms with Crippen molar-refractivity contribution in [2.24, 2.45) is 0 Å². The molecule has 2 unspecified atom stereocenters. The topological polar surface area (TPSA) is 57.5 Å². The van der Waals surface area contributed by atoms with Gasteiger partial charge in [0.05, 0.1) is 6.10 Å². The fraction of sp³-hybridized carbons (Fsp3) is 0.235. The number of ketones is 1. The minimum Gasteiger partial charge on any atom is -0.390 e. The normalized spacial score (nSPS) is 15.5. The molecule has 21 heavy (non-hydrogen) atoms. The Hall–Kier alpha value is -1.62. The predicted molar refractivity (Wildman–Crippen MR) is 84.7 cm³/mol. The Morgan fingerprint density at radius 2 is 1.62 bits per heavy atom. The molecule has 2 N–H and O–H groups in total. The number of carbonyl (C=O) groups excluding carboxylic acids is 1. The fourth-order valence-corrected chi connectivity index (χ4v) is 3.01. The standard InChI is InChI=1S/C17H16O3S/c18-15(7-8-21)16(19)10-5-6-12-11-3-1-2-4-13(11)17(20)14(12)9-10/h1-6,9,15-16,18-19,21H,7-8H2. The highest BCUT2D eigenvalue weighted by molar-refractivity contribution is 7.80. The van der Waals surface area contributed by atoms with Crippen LogP contribution in [0.15, 0.2) is 42.5 Å². The van der Waals surface area contributed by atoms with E-state index in [9.17, 15) is 15.0 Å². The number of aliphatic hydroxyl groups is 2. The molecule has 108 valence electrons. The van der Waals surface area contributed by atoms with Crippen molar-refractivity contribution in [3.05, 3.63) is 59.2 Å². The highest BCUT2D eigenvalue weighted by Crippen LogP contribution is 2.37. The van der Waals surface area contributed by atoms with Crippen LogP contribution in [-0.4, -0.2) is 27.9 Å². The maximum Gasteiger partial charge on any atom is 0.194 e. The highest BCUT2D eigenvalue weighted by atomic mass is 32.1. The van der Waals surface area contributed by atoms with Crippen LogP contribution >= 0.6 is 12.6 Å². The van der Waals surface area contributed by atoms with Gasteiger partial charge >= 0.3 is 0 Å². The summed E-state index contributed by atoms with van der Waals surface area (Å²) in [5, 5.41) is 20.0. The molecule has 0 bridgehead atoms. The smallest absolute Gasteiger partial charge is 0.194 e. The zero-order valence-electron chi connectivity index (χ0n) is 11.4. The molecule has 0 heterocycles. The van der Waals surface area contributed by atoms with E-state index in [2.05, 4.69) is 12.6 Å². The Labute approximate surface area is 128 Å². The van der Waals surface area contributed by atoms with Crippen LogP contribution in [0.4, 0.5) is 0 Å². The second kappa shape index (κ2) is 5.64. The zero-order valence-corrected chi connectivity index (χ0v) is 12.3. The molecule has 1 aliphatic rings. The summed E-state index contributed by atoms with van der Waals surface area (Å²) >= 11 is 4.05. The highest BCUT2D eigenvalue weighted by Gasteiger charge is 2.28. The Balaban J connectivity index is 1.99. The molecule has 4 heteroatoms. The van der Waals surface area contributed by atoms with E-state index in [1.165, 1.54) is 0 Å². The molecule has 2 aromatic rings. The molecule has 0 aliphatic heterocycles. The molecule has 0 spiro atoms. The monoisotopic (exact) mass is 300 g/mol.